The Hall–Kier alpha value is -4.38. The summed E-state index contributed by atoms with van der Waals surface area (Å²) in [6, 6.07) is 29.9. The van der Waals surface area contributed by atoms with Gasteiger partial charge in [-0.15, -0.1) is 0 Å². The van der Waals surface area contributed by atoms with E-state index in [1.54, 1.807) is 42.2 Å². The van der Waals surface area contributed by atoms with Gasteiger partial charge >= 0.3 is 0 Å². The zero-order valence-corrected chi connectivity index (χ0v) is 26.5. The topological polar surface area (TPSA) is 108 Å². The molecular weight excluding hydrogens is 590 g/mol. The van der Waals surface area contributed by atoms with Gasteiger partial charge in [-0.1, -0.05) is 55.5 Å². The number of carbonyl (C=O) groups is 1. The first-order valence-corrected chi connectivity index (χ1v) is 16.4. The summed E-state index contributed by atoms with van der Waals surface area (Å²) in [4.78, 5) is 17.7. The van der Waals surface area contributed by atoms with E-state index in [1.165, 1.54) is 18.2 Å². The highest BCUT2D eigenvalue weighted by atomic mass is 32.2. The number of aliphatic hydroxyl groups is 1. The number of amides is 1. The summed E-state index contributed by atoms with van der Waals surface area (Å²) in [6.07, 6.45) is -0.289. The fourth-order valence-corrected chi connectivity index (χ4v) is 6.36. The molecule has 236 valence electrons. The molecule has 0 aliphatic carbocycles. The number of nitrogens with zero attached hydrogens (tertiary/aromatic N) is 2. The summed E-state index contributed by atoms with van der Waals surface area (Å²) in [7, 11) is -1.84. The Morgan fingerprint density at radius 2 is 1.62 bits per heavy atom. The first kappa shape index (κ1) is 32.0. The Morgan fingerprint density at radius 3 is 2.29 bits per heavy atom. The molecule has 1 aliphatic rings. The number of benzene rings is 4. The normalized spacial score (nSPS) is 17.5. The number of hydrogen-bond acceptors (Lipinski definition) is 7. The second kappa shape index (κ2) is 14.2. The third-order valence-electron chi connectivity index (χ3n) is 7.82. The maximum absolute atomic E-state index is 13.8. The monoisotopic (exact) mass is 629 g/mol. The molecule has 10 heteroatoms. The predicted molar refractivity (Wildman–Crippen MR) is 174 cm³/mol. The van der Waals surface area contributed by atoms with Gasteiger partial charge in [0.1, 0.15) is 23.4 Å². The average molecular weight is 630 g/mol. The molecule has 9 nitrogen and oxygen atoms in total. The number of rotatable bonds is 11. The molecule has 1 heterocycles. The summed E-state index contributed by atoms with van der Waals surface area (Å²) < 4.78 is 40.9. The van der Waals surface area contributed by atoms with Crippen molar-refractivity contribution in [3.05, 3.63) is 114 Å². The quantitative estimate of drug-likeness (QED) is 0.221. The summed E-state index contributed by atoms with van der Waals surface area (Å²) in [5.74, 6) is 1.52. The van der Waals surface area contributed by atoms with Crippen molar-refractivity contribution in [1.29, 1.82) is 0 Å². The highest BCUT2D eigenvalue weighted by Crippen LogP contribution is 2.32. The van der Waals surface area contributed by atoms with E-state index in [4.69, 9.17) is 9.47 Å². The van der Waals surface area contributed by atoms with Gasteiger partial charge in [0.2, 0.25) is 0 Å². The fourth-order valence-electron chi connectivity index (χ4n) is 5.29. The number of nitrogens with one attached hydrogen (secondary N) is 1. The third-order valence-corrected chi connectivity index (χ3v) is 9.21. The van der Waals surface area contributed by atoms with Gasteiger partial charge in [0.25, 0.3) is 15.9 Å². The highest BCUT2D eigenvalue weighted by Gasteiger charge is 2.33. The first-order valence-electron chi connectivity index (χ1n) is 14.9. The van der Waals surface area contributed by atoms with Crippen LogP contribution in [-0.2, 0) is 16.6 Å². The van der Waals surface area contributed by atoms with Gasteiger partial charge < -0.3 is 19.5 Å². The van der Waals surface area contributed by atoms with Crippen molar-refractivity contribution in [2.45, 2.75) is 37.4 Å². The Bertz CT molecular complexity index is 1680. The van der Waals surface area contributed by atoms with Crippen LogP contribution < -0.4 is 14.2 Å². The Balaban J connectivity index is 1.33. The minimum Gasteiger partial charge on any atom is -0.488 e. The third kappa shape index (κ3) is 8.02. The second-order valence-corrected chi connectivity index (χ2v) is 13.2. The SMILES string of the molecule is C[C@@H]1CN([C@H](C)CO)C(=O)c2cc(NS(=O)(=O)c3ccccc3)ccc2O[C@H]1CN(C)Cc1ccc(Oc2ccccc2)cc1. The molecule has 0 fully saturated rings. The van der Waals surface area contributed by atoms with Crippen LogP contribution in [0.25, 0.3) is 0 Å². The summed E-state index contributed by atoms with van der Waals surface area (Å²) in [6.45, 7) is 5.22. The van der Waals surface area contributed by atoms with Gasteiger partial charge in [-0.2, -0.15) is 0 Å². The van der Waals surface area contributed by atoms with Crippen LogP contribution in [0.2, 0.25) is 0 Å². The number of carbonyl (C=O) groups excluding carboxylic acids is 1. The molecule has 0 saturated heterocycles. The van der Waals surface area contributed by atoms with Gasteiger partial charge in [-0.3, -0.25) is 14.4 Å². The van der Waals surface area contributed by atoms with Crippen LogP contribution in [0.3, 0.4) is 0 Å². The molecule has 0 spiro atoms. The summed E-state index contributed by atoms with van der Waals surface area (Å²) in [5, 5.41) is 9.98. The van der Waals surface area contributed by atoms with Crippen LogP contribution in [-0.4, -0.2) is 68.1 Å². The molecule has 5 rings (SSSR count). The number of para-hydroxylation sites is 1. The first-order chi connectivity index (χ1) is 21.6. The molecule has 0 radical (unpaired) electrons. The lowest BCUT2D eigenvalue weighted by atomic mass is 9.99. The van der Waals surface area contributed by atoms with Gasteiger partial charge in [0.05, 0.1) is 23.1 Å². The van der Waals surface area contributed by atoms with Crippen LogP contribution in [0.4, 0.5) is 5.69 Å². The van der Waals surface area contributed by atoms with E-state index in [-0.39, 0.29) is 40.7 Å². The predicted octanol–water partition coefficient (Wildman–Crippen LogP) is 5.63. The molecule has 45 heavy (non-hydrogen) atoms. The van der Waals surface area contributed by atoms with Gasteiger partial charge in [-0.25, -0.2) is 8.42 Å². The molecule has 0 saturated carbocycles. The smallest absolute Gasteiger partial charge is 0.261 e. The molecule has 2 N–H and O–H groups in total. The fraction of sp³-hybridized carbons (Fsp3) is 0.286. The Kier molecular flexibility index (Phi) is 10.1. The van der Waals surface area contributed by atoms with E-state index in [2.05, 4.69) is 9.62 Å². The van der Waals surface area contributed by atoms with E-state index in [0.717, 1.165) is 17.1 Å². The Morgan fingerprint density at radius 1 is 0.978 bits per heavy atom. The van der Waals surface area contributed by atoms with Gasteiger partial charge in [0, 0.05) is 31.2 Å². The lowest BCUT2D eigenvalue weighted by Crippen LogP contribution is -2.49. The molecule has 0 unspecified atom stereocenters. The number of aliphatic hydroxyl groups excluding tert-OH is 1. The lowest BCUT2D eigenvalue weighted by Gasteiger charge is -2.38. The summed E-state index contributed by atoms with van der Waals surface area (Å²) in [5.41, 5.74) is 1.59. The number of hydrogen-bond donors (Lipinski definition) is 2. The highest BCUT2D eigenvalue weighted by molar-refractivity contribution is 7.92. The van der Waals surface area contributed by atoms with E-state index in [1.807, 2.05) is 68.6 Å². The van der Waals surface area contributed by atoms with Crippen molar-refractivity contribution in [1.82, 2.24) is 9.80 Å². The minimum absolute atomic E-state index is 0.0588. The van der Waals surface area contributed by atoms with Crippen molar-refractivity contribution >= 4 is 21.6 Å². The molecule has 1 aliphatic heterocycles. The standard InChI is InChI=1S/C35H39N3O6S/c1-25-21-38(26(2)24-39)35(40)32-20-28(36-45(41,42)31-12-8-5-9-13-31)16-19-33(32)44-34(25)23-37(3)22-27-14-17-30(18-15-27)43-29-10-6-4-7-11-29/h4-20,25-26,34,36,39H,21-24H2,1-3H3/t25-,26-,34+/m1/s1. The molecule has 4 aromatic rings. The summed E-state index contributed by atoms with van der Waals surface area (Å²) >= 11 is 0. The zero-order chi connectivity index (χ0) is 32.0. The number of anilines is 1. The van der Waals surface area contributed by atoms with Crippen LogP contribution in [0.5, 0.6) is 17.2 Å². The van der Waals surface area contributed by atoms with Crippen molar-refractivity contribution < 1.29 is 27.8 Å². The zero-order valence-electron chi connectivity index (χ0n) is 25.7. The molecule has 0 aromatic heterocycles. The van der Waals surface area contributed by atoms with Crippen molar-refractivity contribution in [3.63, 3.8) is 0 Å². The number of ether oxygens (including phenoxy) is 2. The van der Waals surface area contributed by atoms with E-state index in [0.29, 0.717) is 25.4 Å². The van der Waals surface area contributed by atoms with Gasteiger partial charge in [0.15, 0.2) is 0 Å². The largest absolute Gasteiger partial charge is 0.488 e. The maximum Gasteiger partial charge on any atom is 0.261 e. The van der Waals surface area contributed by atoms with E-state index < -0.39 is 16.1 Å². The van der Waals surface area contributed by atoms with Crippen LogP contribution in [0, 0.1) is 5.92 Å². The average Bonchev–Trinajstić information content (AvgIpc) is 3.04. The number of sulfonamides is 1. The van der Waals surface area contributed by atoms with Gasteiger partial charge in [-0.05, 0) is 74.1 Å². The number of fused-ring (bicyclic) bond motifs is 1. The van der Waals surface area contributed by atoms with Crippen molar-refractivity contribution in [2.24, 2.45) is 5.92 Å². The molecule has 1 amide bonds. The molecule has 3 atom stereocenters. The molecule has 4 aromatic carbocycles. The van der Waals surface area contributed by atoms with Crippen molar-refractivity contribution in [3.8, 4) is 17.2 Å². The maximum atomic E-state index is 13.8. The van der Waals surface area contributed by atoms with Crippen LogP contribution in [0.15, 0.2) is 108 Å². The minimum atomic E-state index is -3.86. The molecule has 0 bridgehead atoms. The van der Waals surface area contributed by atoms with Crippen LogP contribution in [0.1, 0.15) is 29.8 Å². The molecular formula is C35H39N3O6S. The Labute approximate surface area is 265 Å². The van der Waals surface area contributed by atoms with Crippen molar-refractivity contribution in [2.75, 3.05) is 31.5 Å². The van der Waals surface area contributed by atoms with E-state index in [9.17, 15) is 18.3 Å². The number of likely N-dealkylation sites (N-methyl/N-ethyl adjacent to an activating group) is 1. The van der Waals surface area contributed by atoms with E-state index >= 15 is 0 Å². The lowest BCUT2D eigenvalue weighted by molar-refractivity contribution is 0.0341. The van der Waals surface area contributed by atoms with Crippen LogP contribution >= 0.6 is 0 Å². The second-order valence-electron chi connectivity index (χ2n) is 11.5.